The zero-order valence-corrected chi connectivity index (χ0v) is 9.56. The van der Waals surface area contributed by atoms with Crippen LogP contribution in [0, 0.1) is 6.92 Å². The molecule has 0 aliphatic carbocycles. The number of aryl methyl sites for hydroxylation is 1. The number of aromatic nitrogens is 2. The van der Waals surface area contributed by atoms with Gasteiger partial charge >= 0.3 is 0 Å². The first-order valence-electron chi connectivity index (χ1n) is 5.17. The Morgan fingerprint density at radius 2 is 2.60 bits per heavy atom. The summed E-state index contributed by atoms with van der Waals surface area (Å²) in [6, 6.07) is 1.51. The first-order valence-corrected chi connectivity index (χ1v) is 6.22. The van der Waals surface area contributed by atoms with E-state index >= 15 is 0 Å². The molecule has 0 radical (unpaired) electrons. The summed E-state index contributed by atoms with van der Waals surface area (Å²) in [5.74, 6) is 2.60. The number of nitrogens with one attached hydrogen (secondary N) is 2. The zero-order valence-electron chi connectivity index (χ0n) is 8.75. The van der Waals surface area contributed by atoms with Crippen LogP contribution in [0.3, 0.4) is 0 Å². The third-order valence-corrected chi connectivity index (χ3v) is 3.79. The first kappa shape index (κ1) is 10.5. The van der Waals surface area contributed by atoms with Gasteiger partial charge in [-0.2, -0.15) is 11.8 Å². The van der Waals surface area contributed by atoms with E-state index in [2.05, 4.69) is 15.3 Å². The molecule has 0 bridgehead atoms. The summed E-state index contributed by atoms with van der Waals surface area (Å²) in [7, 11) is 0. The molecule has 0 aromatic carbocycles. The largest absolute Gasteiger partial charge is 0.369 e. The summed E-state index contributed by atoms with van der Waals surface area (Å²) < 4.78 is 0. The van der Waals surface area contributed by atoms with Gasteiger partial charge in [0.1, 0.15) is 11.6 Å². The number of hydrogen-bond donors (Lipinski definition) is 2. The van der Waals surface area contributed by atoms with E-state index < -0.39 is 0 Å². The molecular weight excluding hydrogens is 210 g/mol. The fourth-order valence-corrected chi connectivity index (χ4v) is 2.89. The van der Waals surface area contributed by atoms with Crippen LogP contribution in [0.1, 0.15) is 18.7 Å². The molecule has 5 heteroatoms. The third kappa shape index (κ3) is 2.99. The Bertz CT molecular complexity index is 384. The lowest BCUT2D eigenvalue weighted by Crippen LogP contribution is -2.17. The van der Waals surface area contributed by atoms with Gasteiger partial charge in [0.25, 0.3) is 5.56 Å². The molecule has 0 saturated carbocycles. The van der Waals surface area contributed by atoms with Gasteiger partial charge in [0.2, 0.25) is 0 Å². The van der Waals surface area contributed by atoms with E-state index in [-0.39, 0.29) is 5.56 Å². The summed E-state index contributed by atoms with van der Waals surface area (Å²) in [5, 5.41) is 3.89. The summed E-state index contributed by atoms with van der Waals surface area (Å²) in [5.41, 5.74) is -0.0934. The lowest BCUT2D eigenvalue weighted by Gasteiger charge is -2.10. The van der Waals surface area contributed by atoms with Crippen molar-refractivity contribution < 1.29 is 0 Å². The molecule has 1 atom stereocenters. The lowest BCUT2D eigenvalue weighted by molar-refractivity contribution is 0.802. The number of thioether (sulfide) groups is 1. The number of aromatic amines is 1. The predicted molar refractivity (Wildman–Crippen MR) is 63.6 cm³/mol. The van der Waals surface area contributed by atoms with Gasteiger partial charge < -0.3 is 10.3 Å². The van der Waals surface area contributed by atoms with E-state index in [4.69, 9.17) is 0 Å². The van der Waals surface area contributed by atoms with Gasteiger partial charge in [0.15, 0.2) is 0 Å². The highest BCUT2D eigenvalue weighted by molar-refractivity contribution is 8.00. The fourth-order valence-electron chi connectivity index (χ4n) is 1.69. The van der Waals surface area contributed by atoms with Crippen LogP contribution >= 0.6 is 11.8 Å². The fraction of sp³-hybridized carbons (Fsp3) is 0.600. The van der Waals surface area contributed by atoms with Gasteiger partial charge in [-0.25, -0.2) is 4.98 Å². The molecule has 0 amide bonds. The molecule has 1 aromatic rings. The molecular formula is C10H15N3OS. The molecule has 1 aliphatic rings. The smallest absolute Gasteiger partial charge is 0.252 e. The highest BCUT2D eigenvalue weighted by atomic mass is 32.2. The molecule has 1 saturated heterocycles. The normalized spacial score (nSPS) is 20.5. The van der Waals surface area contributed by atoms with Crippen molar-refractivity contribution in [1.29, 1.82) is 0 Å². The van der Waals surface area contributed by atoms with Crippen molar-refractivity contribution in [2.75, 3.05) is 17.6 Å². The Hall–Kier alpha value is -0.970. The SMILES string of the molecule is Cc1nc(NCC2CCCS2)cc(=O)[nH]1. The van der Waals surface area contributed by atoms with Crippen LogP contribution in [0.2, 0.25) is 0 Å². The van der Waals surface area contributed by atoms with Crippen LogP contribution < -0.4 is 10.9 Å². The Morgan fingerprint density at radius 1 is 1.73 bits per heavy atom. The molecule has 1 unspecified atom stereocenters. The van der Waals surface area contributed by atoms with Crippen molar-refractivity contribution >= 4 is 17.6 Å². The van der Waals surface area contributed by atoms with Crippen molar-refractivity contribution in [3.63, 3.8) is 0 Å². The van der Waals surface area contributed by atoms with Crippen LogP contribution in [0.5, 0.6) is 0 Å². The minimum atomic E-state index is -0.0934. The summed E-state index contributed by atoms with van der Waals surface area (Å²) in [6.45, 7) is 2.69. The van der Waals surface area contributed by atoms with Crippen LogP contribution in [0.15, 0.2) is 10.9 Å². The van der Waals surface area contributed by atoms with E-state index in [1.807, 2.05) is 11.8 Å². The molecule has 82 valence electrons. The Labute approximate surface area is 92.9 Å². The summed E-state index contributed by atoms with van der Waals surface area (Å²) in [6.07, 6.45) is 2.57. The highest BCUT2D eigenvalue weighted by Crippen LogP contribution is 2.25. The zero-order chi connectivity index (χ0) is 10.7. The summed E-state index contributed by atoms with van der Waals surface area (Å²) in [4.78, 5) is 18.0. The average molecular weight is 225 g/mol. The quantitative estimate of drug-likeness (QED) is 0.816. The van der Waals surface area contributed by atoms with Gasteiger partial charge in [-0.1, -0.05) is 0 Å². The minimum absolute atomic E-state index is 0.0934. The molecule has 0 spiro atoms. The van der Waals surface area contributed by atoms with Crippen molar-refractivity contribution in [2.24, 2.45) is 0 Å². The Morgan fingerprint density at radius 3 is 3.27 bits per heavy atom. The van der Waals surface area contributed by atoms with E-state index in [0.29, 0.717) is 16.9 Å². The second-order valence-electron chi connectivity index (χ2n) is 3.73. The highest BCUT2D eigenvalue weighted by Gasteiger charge is 2.15. The van der Waals surface area contributed by atoms with Crippen molar-refractivity contribution in [2.45, 2.75) is 25.0 Å². The molecule has 2 rings (SSSR count). The standard InChI is InChI=1S/C10H15N3OS/c1-7-12-9(5-10(14)13-7)11-6-8-3-2-4-15-8/h5,8H,2-4,6H2,1H3,(H2,11,12,13,14). The number of H-pyrrole nitrogens is 1. The minimum Gasteiger partial charge on any atom is -0.369 e. The van der Waals surface area contributed by atoms with Crippen molar-refractivity contribution in [3.05, 3.63) is 22.2 Å². The second kappa shape index (κ2) is 4.70. The maximum Gasteiger partial charge on any atom is 0.252 e. The van der Waals surface area contributed by atoms with Crippen LogP contribution in [-0.2, 0) is 0 Å². The Balaban J connectivity index is 1.95. The van der Waals surface area contributed by atoms with Gasteiger partial charge in [0.05, 0.1) is 0 Å². The number of nitrogens with zero attached hydrogens (tertiary/aromatic N) is 1. The maximum absolute atomic E-state index is 11.2. The molecule has 2 heterocycles. The predicted octanol–water partition coefficient (Wildman–Crippen LogP) is 1.39. The topological polar surface area (TPSA) is 57.8 Å². The second-order valence-corrected chi connectivity index (χ2v) is 5.14. The van der Waals surface area contributed by atoms with Crippen molar-refractivity contribution in [3.8, 4) is 0 Å². The van der Waals surface area contributed by atoms with Gasteiger partial charge in [-0.15, -0.1) is 0 Å². The number of hydrogen-bond acceptors (Lipinski definition) is 4. The molecule has 2 N–H and O–H groups in total. The number of anilines is 1. The molecule has 15 heavy (non-hydrogen) atoms. The Kier molecular flexibility index (Phi) is 3.30. The van der Waals surface area contributed by atoms with Crippen LogP contribution in [-0.4, -0.2) is 27.5 Å². The first-order chi connectivity index (χ1) is 7.24. The van der Waals surface area contributed by atoms with Crippen molar-refractivity contribution in [1.82, 2.24) is 9.97 Å². The van der Waals surface area contributed by atoms with E-state index in [0.717, 1.165) is 6.54 Å². The average Bonchev–Trinajstić information content (AvgIpc) is 2.65. The van der Waals surface area contributed by atoms with Crippen LogP contribution in [0.4, 0.5) is 5.82 Å². The maximum atomic E-state index is 11.2. The molecule has 1 fully saturated rings. The monoisotopic (exact) mass is 225 g/mol. The van der Waals surface area contributed by atoms with E-state index in [1.54, 1.807) is 6.92 Å². The third-order valence-electron chi connectivity index (χ3n) is 2.39. The van der Waals surface area contributed by atoms with Gasteiger partial charge in [-0.3, -0.25) is 4.79 Å². The molecule has 1 aromatic heterocycles. The summed E-state index contributed by atoms with van der Waals surface area (Å²) >= 11 is 1.99. The number of rotatable bonds is 3. The van der Waals surface area contributed by atoms with E-state index in [1.165, 1.54) is 24.7 Å². The van der Waals surface area contributed by atoms with Gasteiger partial charge in [0, 0.05) is 17.9 Å². The van der Waals surface area contributed by atoms with E-state index in [9.17, 15) is 4.79 Å². The molecule has 4 nitrogen and oxygen atoms in total. The lowest BCUT2D eigenvalue weighted by atomic mass is 10.2. The van der Waals surface area contributed by atoms with Crippen LogP contribution in [0.25, 0.3) is 0 Å². The molecule has 1 aliphatic heterocycles. The van der Waals surface area contributed by atoms with Gasteiger partial charge in [-0.05, 0) is 25.5 Å².